The largest absolute Gasteiger partial charge is 0.481 e. The van der Waals surface area contributed by atoms with Crippen LogP contribution < -0.4 is 0 Å². The van der Waals surface area contributed by atoms with E-state index in [1.165, 1.54) is 11.8 Å². The van der Waals surface area contributed by atoms with E-state index in [1.807, 2.05) is 18.2 Å². The first-order valence-corrected chi connectivity index (χ1v) is 16.0. The number of benzene rings is 1. The minimum absolute atomic E-state index is 0.00466. The van der Waals surface area contributed by atoms with Crippen LogP contribution in [-0.4, -0.2) is 50.4 Å². The van der Waals surface area contributed by atoms with Crippen molar-refractivity contribution in [2.75, 3.05) is 19.0 Å². The van der Waals surface area contributed by atoms with Crippen LogP contribution in [0.15, 0.2) is 80.5 Å². The van der Waals surface area contributed by atoms with Gasteiger partial charge in [-0.1, -0.05) is 42.5 Å². The number of fused-ring (bicyclic) bond motifs is 2. The molecule has 4 atom stereocenters. The Hall–Kier alpha value is -3.11. The summed E-state index contributed by atoms with van der Waals surface area (Å²) < 4.78 is 36.2. The fourth-order valence-electron chi connectivity index (χ4n) is 5.64. The van der Waals surface area contributed by atoms with E-state index in [9.17, 15) is 22.8 Å². The number of thioether (sulfide) groups is 1. The highest BCUT2D eigenvalue weighted by atomic mass is 32.2. The van der Waals surface area contributed by atoms with Gasteiger partial charge in [0.05, 0.1) is 39.9 Å². The van der Waals surface area contributed by atoms with Crippen molar-refractivity contribution in [2.24, 2.45) is 23.7 Å². The van der Waals surface area contributed by atoms with Crippen LogP contribution in [0.3, 0.4) is 0 Å². The summed E-state index contributed by atoms with van der Waals surface area (Å²) in [7, 11) is -3.68. The van der Waals surface area contributed by atoms with Crippen LogP contribution in [0.1, 0.15) is 39.5 Å². The number of sulfone groups is 1. The number of carbonyl (C=O) groups is 3. The normalized spacial score (nSPS) is 24.4. The SMILES string of the molecule is CCOC(=O)C1=C(S(=O)(=O)c2ccccc2)C2C=CC1CC2.CCOC(=O)C1=C(SCC(=O)O)C2C=CC1CC2. The summed E-state index contributed by atoms with van der Waals surface area (Å²) >= 11 is 1.26. The van der Waals surface area contributed by atoms with Crippen molar-refractivity contribution in [3.05, 3.63) is 75.6 Å². The lowest BCUT2D eigenvalue weighted by molar-refractivity contribution is -0.140. The average molecular weight is 587 g/mol. The minimum atomic E-state index is -3.68. The molecule has 0 aromatic heterocycles. The molecule has 0 heterocycles. The predicted molar refractivity (Wildman–Crippen MR) is 152 cm³/mol. The van der Waals surface area contributed by atoms with Crippen molar-refractivity contribution < 1.29 is 37.4 Å². The number of aliphatic carboxylic acids is 1. The van der Waals surface area contributed by atoms with Gasteiger partial charge in [-0.15, -0.1) is 11.8 Å². The second-order valence-corrected chi connectivity index (χ2v) is 12.8. The highest BCUT2D eigenvalue weighted by Crippen LogP contribution is 2.46. The summed E-state index contributed by atoms with van der Waals surface area (Å²) in [5.41, 5.74) is 1.01. The molecule has 0 saturated carbocycles. The van der Waals surface area contributed by atoms with Gasteiger partial charge in [-0.25, -0.2) is 18.0 Å². The third-order valence-corrected chi connectivity index (χ3v) is 10.6. The van der Waals surface area contributed by atoms with Gasteiger partial charge in [0.1, 0.15) is 0 Å². The molecule has 4 unspecified atom stereocenters. The second-order valence-electron chi connectivity index (χ2n) is 9.85. The molecule has 1 N–H and O–H groups in total. The van der Waals surface area contributed by atoms with Gasteiger partial charge in [-0.3, -0.25) is 4.79 Å². The number of carbonyl (C=O) groups excluding carboxylic acids is 2. The molecule has 0 spiro atoms. The van der Waals surface area contributed by atoms with Crippen LogP contribution >= 0.6 is 11.8 Å². The molecular formula is C30H34O8S2. The molecule has 0 radical (unpaired) electrons. The van der Waals surface area contributed by atoms with Crippen molar-refractivity contribution in [1.29, 1.82) is 0 Å². The maximum absolute atomic E-state index is 13.0. The van der Waals surface area contributed by atoms with E-state index in [0.29, 0.717) is 17.8 Å². The highest BCUT2D eigenvalue weighted by molar-refractivity contribution is 8.03. The third kappa shape index (κ3) is 6.28. The molecule has 8 nitrogen and oxygen atoms in total. The quantitative estimate of drug-likeness (QED) is 0.311. The minimum Gasteiger partial charge on any atom is -0.481 e. The smallest absolute Gasteiger partial charge is 0.335 e. The van der Waals surface area contributed by atoms with E-state index < -0.39 is 21.8 Å². The van der Waals surface area contributed by atoms with Gasteiger partial charge in [0, 0.05) is 28.6 Å². The average Bonchev–Trinajstić information content (AvgIpc) is 2.97. The Morgan fingerprint density at radius 1 is 0.800 bits per heavy atom. The molecule has 6 aliphatic carbocycles. The van der Waals surface area contributed by atoms with Gasteiger partial charge in [-0.2, -0.15) is 0 Å². The molecule has 10 heteroatoms. The van der Waals surface area contributed by atoms with Gasteiger partial charge >= 0.3 is 17.9 Å². The Bertz CT molecular complexity index is 1370. The molecule has 0 saturated heterocycles. The molecule has 0 aliphatic heterocycles. The molecule has 0 fully saturated rings. The monoisotopic (exact) mass is 586 g/mol. The first-order valence-electron chi connectivity index (χ1n) is 13.5. The van der Waals surface area contributed by atoms with Crippen LogP contribution in [0.5, 0.6) is 0 Å². The molecule has 7 rings (SSSR count). The lowest BCUT2D eigenvalue weighted by Gasteiger charge is -2.34. The van der Waals surface area contributed by atoms with Crippen LogP contribution in [0.4, 0.5) is 0 Å². The van der Waals surface area contributed by atoms with Crippen LogP contribution in [0.25, 0.3) is 0 Å². The Morgan fingerprint density at radius 2 is 1.30 bits per heavy atom. The maximum Gasteiger partial charge on any atom is 0.335 e. The lowest BCUT2D eigenvalue weighted by Crippen LogP contribution is -2.31. The van der Waals surface area contributed by atoms with E-state index in [0.717, 1.165) is 30.6 Å². The summed E-state index contributed by atoms with van der Waals surface area (Å²) in [5.74, 6) is -1.74. The maximum atomic E-state index is 13.0. The number of rotatable bonds is 9. The Balaban J connectivity index is 0.000000189. The fourth-order valence-corrected chi connectivity index (χ4v) is 8.61. The number of hydrogen-bond donors (Lipinski definition) is 1. The van der Waals surface area contributed by atoms with Crippen LogP contribution in [-0.2, 0) is 33.7 Å². The molecule has 40 heavy (non-hydrogen) atoms. The number of allylic oxidation sites excluding steroid dienone is 6. The van der Waals surface area contributed by atoms with Gasteiger partial charge in [-0.05, 0) is 51.7 Å². The third-order valence-electron chi connectivity index (χ3n) is 7.36. The molecule has 1 aromatic rings. The van der Waals surface area contributed by atoms with Crippen molar-refractivity contribution >= 4 is 39.5 Å². The zero-order chi connectivity index (χ0) is 28.9. The molecule has 214 valence electrons. The first kappa shape index (κ1) is 29.9. The standard InChI is InChI=1S/C17H18O4S.C13H16O4S/c1-2-21-17(18)15-12-8-10-13(11-9-12)16(15)22(19,20)14-6-4-3-5-7-14;1-2-17-13(16)11-8-3-5-9(6-4-8)12(11)18-7-10(14)15/h3-8,10,12-13H,2,9,11H2,1H3;3,5,8-9H,2,4,6-7H2,1H3,(H,14,15). The summed E-state index contributed by atoms with van der Waals surface area (Å²) in [6.07, 6.45) is 11.5. The van der Waals surface area contributed by atoms with Gasteiger partial charge < -0.3 is 14.6 Å². The van der Waals surface area contributed by atoms with Crippen molar-refractivity contribution in [1.82, 2.24) is 0 Å². The fraction of sp³-hybridized carbons (Fsp3) is 0.433. The lowest BCUT2D eigenvalue weighted by atomic mass is 9.76. The molecule has 6 aliphatic rings. The predicted octanol–water partition coefficient (Wildman–Crippen LogP) is 5.09. The number of carboxylic acid groups (broad SMARTS) is 1. The first-order chi connectivity index (χ1) is 19.2. The van der Waals surface area contributed by atoms with Gasteiger partial charge in [0.2, 0.25) is 9.84 Å². The van der Waals surface area contributed by atoms with E-state index in [4.69, 9.17) is 14.6 Å². The Morgan fingerprint density at radius 3 is 1.82 bits per heavy atom. The number of hydrogen-bond acceptors (Lipinski definition) is 8. The highest BCUT2D eigenvalue weighted by Gasteiger charge is 2.42. The summed E-state index contributed by atoms with van der Waals surface area (Å²) in [6.45, 7) is 4.09. The van der Waals surface area contributed by atoms with Gasteiger partial charge in [0.25, 0.3) is 0 Å². The van der Waals surface area contributed by atoms with E-state index in [1.54, 1.807) is 44.2 Å². The van der Waals surface area contributed by atoms with Crippen LogP contribution in [0.2, 0.25) is 0 Å². The summed E-state index contributed by atoms with van der Waals surface area (Å²) in [6, 6.07) is 8.28. The second kappa shape index (κ2) is 13.0. The Kier molecular flexibility index (Phi) is 9.73. The van der Waals surface area contributed by atoms with E-state index in [2.05, 4.69) is 6.08 Å². The molecule has 4 bridgehead atoms. The zero-order valence-electron chi connectivity index (χ0n) is 22.6. The molecule has 0 amide bonds. The van der Waals surface area contributed by atoms with E-state index in [-0.39, 0.29) is 51.8 Å². The number of esters is 2. The number of ether oxygens (including phenoxy) is 2. The zero-order valence-corrected chi connectivity index (χ0v) is 24.2. The van der Waals surface area contributed by atoms with E-state index >= 15 is 0 Å². The summed E-state index contributed by atoms with van der Waals surface area (Å²) in [4.78, 5) is 36.3. The van der Waals surface area contributed by atoms with Crippen LogP contribution in [0, 0.1) is 23.7 Å². The summed E-state index contributed by atoms with van der Waals surface area (Å²) in [5, 5.41) is 8.76. The molecule has 1 aromatic carbocycles. The number of carboxylic acids is 1. The Labute approximate surface area is 239 Å². The van der Waals surface area contributed by atoms with Gasteiger partial charge in [0.15, 0.2) is 0 Å². The topological polar surface area (TPSA) is 124 Å². The van der Waals surface area contributed by atoms with Crippen molar-refractivity contribution in [3.63, 3.8) is 0 Å². The van der Waals surface area contributed by atoms with Crippen molar-refractivity contribution in [3.8, 4) is 0 Å². The molecular weight excluding hydrogens is 552 g/mol. The van der Waals surface area contributed by atoms with Crippen molar-refractivity contribution in [2.45, 2.75) is 44.4 Å².